The highest BCUT2D eigenvalue weighted by atomic mass is 15.1. The molecule has 0 unspecified atom stereocenters. The standard InChI is InChI=1S/C18H23N3/c1-2-14-21(15-3-1)18-6-4-17(5-7-18)20-13-10-16-8-11-19-12-9-16/h4-9,11-12,20H,1-3,10,13-15H2. The summed E-state index contributed by atoms with van der Waals surface area (Å²) in [5.74, 6) is 0. The molecule has 2 heterocycles. The molecule has 21 heavy (non-hydrogen) atoms. The SMILES string of the molecule is c1cc(CCNc2ccc(N3CCCCC3)cc2)ccn1. The van der Waals surface area contributed by atoms with E-state index in [0.29, 0.717) is 0 Å². The van der Waals surface area contributed by atoms with Crippen LogP contribution < -0.4 is 10.2 Å². The monoisotopic (exact) mass is 281 g/mol. The number of nitrogens with one attached hydrogen (secondary N) is 1. The van der Waals surface area contributed by atoms with E-state index in [2.05, 4.69) is 51.6 Å². The van der Waals surface area contributed by atoms with Crippen molar-refractivity contribution in [2.75, 3.05) is 29.9 Å². The number of anilines is 2. The van der Waals surface area contributed by atoms with Crippen LogP contribution in [0.15, 0.2) is 48.8 Å². The molecule has 1 aromatic carbocycles. The highest BCUT2D eigenvalue weighted by Crippen LogP contribution is 2.21. The highest BCUT2D eigenvalue weighted by molar-refractivity contribution is 5.55. The molecule has 1 aliphatic rings. The summed E-state index contributed by atoms with van der Waals surface area (Å²) >= 11 is 0. The van der Waals surface area contributed by atoms with Crippen molar-refractivity contribution >= 4 is 11.4 Å². The Kier molecular flexibility index (Phi) is 4.72. The first-order chi connectivity index (χ1) is 10.4. The van der Waals surface area contributed by atoms with E-state index in [0.717, 1.165) is 13.0 Å². The van der Waals surface area contributed by atoms with Gasteiger partial charge in [0.1, 0.15) is 0 Å². The summed E-state index contributed by atoms with van der Waals surface area (Å²) in [6, 6.07) is 13.0. The van der Waals surface area contributed by atoms with Crippen molar-refractivity contribution in [1.82, 2.24) is 4.98 Å². The number of hydrogen-bond acceptors (Lipinski definition) is 3. The van der Waals surface area contributed by atoms with Crippen molar-refractivity contribution < 1.29 is 0 Å². The molecular weight excluding hydrogens is 258 g/mol. The fourth-order valence-electron chi connectivity index (χ4n) is 2.84. The second-order valence-corrected chi connectivity index (χ2v) is 5.63. The maximum atomic E-state index is 4.04. The van der Waals surface area contributed by atoms with E-state index in [1.165, 1.54) is 49.3 Å². The Balaban J connectivity index is 1.50. The predicted octanol–water partition coefficient (Wildman–Crippen LogP) is 3.73. The Morgan fingerprint density at radius 1 is 0.905 bits per heavy atom. The Morgan fingerprint density at radius 2 is 1.62 bits per heavy atom. The Bertz CT molecular complexity index is 530. The Labute approximate surface area is 127 Å². The molecule has 1 aliphatic heterocycles. The zero-order valence-corrected chi connectivity index (χ0v) is 12.5. The first-order valence-corrected chi connectivity index (χ1v) is 7.89. The quantitative estimate of drug-likeness (QED) is 0.905. The topological polar surface area (TPSA) is 28.2 Å². The van der Waals surface area contributed by atoms with E-state index in [1.807, 2.05) is 12.4 Å². The maximum Gasteiger partial charge on any atom is 0.0367 e. The van der Waals surface area contributed by atoms with E-state index in [4.69, 9.17) is 0 Å². The minimum Gasteiger partial charge on any atom is -0.385 e. The van der Waals surface area contributed by atoms with Crippen LogP contribution in [0.25, 0.3) is 0 Å². The molecule has 0 amide bonds. The third kappa shape index (κ3) is 3.97. The van der Waals surface area contributed by atoms with Gasteiger partial charge < -0.3 is 10.2 Å². The summed E-state index contributed by atoms with van der Waals surface area (Å²) in [6.07, 6.45) is 8.75. The number of benzene rings is 1. The molecule has 3 heteroatoms. The average molecular weight is 281 g/mol. The first kappa shape index (κ1) is 13.9. The molecule has 1 saturated heterocycles. The summed E-state index contributed by atoms with van der Waals surface area (Å²) in [7, 11) is 0. The molecule has 0 aliphatic carbocycles. The lowest BCUT2D eigenvalue weighted by Crippen LogP contribution is -2.29. The summed E-state index contributed by atoms with van der Waals surface area (Å²) in [5.41, 5.74) is 3.88. The highest BCUT2D eigenvalue weighted by Gasteiger charge is 2.10. The molecule has 0 bridgehead atoms. The minimum atomic E-state index is 0.951. The molecule has 3 nitrogen and oxygen atoms in total. The molecule has 0 spiro atoms. The van der Waals surface area contributed by atoms with Gasteiger partial charge in [0.15, 0.2) is 0 Å². The summed E-state index contributed by atoms with van der Waals surface area (Å²) < 4.78 is 0. The van der Waals surface area contributed by atoms with Crippen molar-refractivity contribution in [3.05, 3.63) is 54.4 Å². The first-order valence-electron chi connectivity index (χ1n) is 7.89. The molecule has 3 rings (SSSR count). The van der Waals surface area contributed by atoms with Crippen molar-refractivity contribution in [3.63, 3.8) is 0 Å². The van der Waals surface area contributed by atoms with Gasteiger partial charge in [-0.05, 0) is 67.6 Å². The molecule has 1 N–H and O–H groups in total. The fourth-order valence-corrected chi connectivity index (χ4v) is 2.84. The average Bonchev–Trinajstić information content (AvgIpc) is 2.57. The van der Waals surface area contributed by atoms with Crippen LogP contribution in [0.3, 0.4) is 0 Å². The Hall–Kier alpha value is -2.03. The van der Waals surface area contributed by atoms with Gasteiger partial charge in [-0.1, -0.05) is 0 Å². The predicted molar refractivity (Wildman–Crippen MR) is 88.9 cm³/mol. The number of piperidine rings is 1. The minimum absolute atomic E-state index is 0.951. The van der Waals surface area contributed by atoms with Crippen LogP contribution in [0.4, 0.5) is 11.4 Å². The van der Waals surface area contributed by atoms with E-state index in [1.54, 1.807) is 0 Å². The largest absolute Gasteiger partial charge is 0.385 e. The van der Waals surface area contributed by atoms with Gasteiger partial charge in [0.2, 0.25) is 0 Å². The number of rotatable bonds is 5. The maximum absolute atomic E-state index is 4.04. The summed E-state index contributed by atoms with van der Waals surface area (Å²) in [6.45, 7) is 3.36. The van der Waals surface area contributed by atoms with E-state index >= 15 is 0 Å². The lowest BCUT2D eigenvalue weighted by molar-refractivity contribution is 0.578. The number of aromatic nitrogens is 1. The van der Waals surface area contributed by atoms with E-state index in [9.17, 15) is 0 Å². The molecular formula is C18H23N3. The lowest BCUT2D eigenvalue weighted by Gasteiger charge is -2.28. The fraction of sp³-hybridized carbons (Fsp3) is 0.389. The van der Waals surface area contributed by atoms with Crippen molar-refractivity contribution in [2.45, 2.75) is 25.7 Å². The van der Waals surface area contributed by atoms with Crippen molar-refractivity contribution in [2.24, 2.45) is 0 Å². The smallest absolute Gasteiger partial charge is 0.0367 e. The lowest BCUT2D eigenvalue weighted by atomic mass is 10.1. The van der Waals surface area contributed by atoms with Crippen LogP contribution in [0, 0.1) is 0 Å². The normalized spacial score (nSPS) is 15.0. The van der Waals surface area contributed by atoms with Gasteiger partial charge in [0, 0.05) is 43.4 Å². The van der Waals surface area contributed by atoms with Gasteiger partial charge in [0.05, 0.1) is 0 Å². The number of hydrogen-bond donors (Lipinski definition) is 1. The molecule has 0 saturated carbocycles. The van der Waals surface area contributed by atoms with Crippen LogP contribution in [-0.4, -0.2) is 24.6 Å². The van der Waals surface area contributed by atoms with E-state index in [-0.39, 0.29) is 0 Å². The third-order valence-corrected chi connectivity index (χ3v) is 4.08. The van der Waals surface area contributed by atoms with Gasteiger partial charge >= 0.3 is 0 Å². The molecule has 110 valence electrons. The molecule has 0 radical (unpaired) electrons. The molecule has 1 aromatic heterocycles. The van der Waals surface area contributed by atoms with Gasteiger partial charge in [-0.2, -0.15) is 0 Å². The van der Waals surface area contributed by atoms with Crippen LogP contribution in [0.2, 0.25) is 0 Å². The van der Waals surface area contributed by atoms with Crippen LogP contribution in [0.1, 0.15) is 24.8 Å². The zero-order chi connectivity index (χ0) is 14.3. The van der Waals surface area contributed by atoms with Crippen molar-refractivity contribution in [1.29, 1.82) is 0 Å². The van der Waals surface area contributed by atoms with Gasteiger partial charge in [0.25, 0.3) is 0 Å². The molecule has 2 aromatic rings. The third-order valence-electron chi connectivity index (χ3n) is 4.08. The second kappa shape index (κ2) is 7.11. The number of pyridine rings is 1. The molecule has 0 atom stereocenters. The van der Waals surface area contributed by atoms with Gasteiger partial charge in [-0.25, -0.2) is 0 Å². The van der Waals surface area contributed by atoms with Gasteiger partial charge in [-0.15, -0.1) is 0 Å². The zero-order valence-electron chi connectivity index (χ0n) is 12.5. The summed E-state index contributed by atoms with van der Waals surface area (Å²) in [4.78, 5) is 6.53. The van der Waals surface area contributed by atoms with Crippen LogP contribution in [0.5, 0.6) is 0 Å². The number of nitrogens with zero attached hydrogens (tertiary/aromatic N) is 2. The van der Waals surface area contributed by atoms with Crippen LogP contribution >= 0.6 is 0 Å². The summed E-state index contributed by atoms with van der Waals surface area (Å²) in [5, 5.41) is 3.48. The second-order valence-electron chi connectivity index (χ2n) is 5.63. The van der Waals surface area contributed by atoms with Crippen LogP contribution in [-0.2, 0) is 6.42 Å². The molecule has 1 fully saturated rings. The Morgan fingerprint density at radius 3 is 2.33 bits per heavy atom. The van der Waals surface area contributed by atoms with Crippen molar-refractivity contribution in [3.8, 4) is 0 Å². The van der Waals surface area contributed by atoms with Gasteiger partial charge in [-0.3, -0.25) is 4.98 Å². The van der Waals surface area contributed by atoms with E-state index < -0.39 is 0 Å².